The molecule has 2 aliphatic rings. The second-order valence-corrected chi connectivity index (χ2v) is 9.71. The second-order valence-electron chi connectivity index (χ2n) is 9.71. The van der Waals surface area contributed by atoms with Crippen LogP contribution in [0.2, 0.25) is 0 Å². The van der Waals surface area contributed by atoms with Crippen molar-refractivity contribution >= 4 is 5.91 Å². The van der Waals surface area contributed by atoms with Crippen LogP contribution in [0.5, 0.6) is 17.2 Å². The summed E-state index contributed by atoms with van der Waals surface area (Å²) in [5.41, 5.74) is 2.20. The first-order chi connectivity index (χ1) is 15.9. The molecule has 1 unspecified atom stereocenters. The Hall–Kier alpha value is -2.73. The van der Waals surface area contributed by atoms with E-state index in [9.17, 15) is 4.79 Å². The minimum absolute atomic E-state index is 0.0127. The van der Waals surface area contributed by atoms with Crippen molar-refractivity contribution in [1.29, 1.82) is 0 Å². The molecule has 0 aliphatic carbocycles. The average Bonchev–Trinajstić information content (AvgIpc) is 2.82. The Kier molecular flexibility index (Phi) is 6.84. The third kappa shape index (κ3) is 4.41. The summed E-state index contributed by atoms with van der Waals surface area (Å²) in [6, 6.07) is 14.8. The van der Waals surface area contributed by atoms with E-state index in [4.69, 9.17) is 14.2 Å². The smallest absolute Gasteiger partial charge is 0.254 e. The number of likely N-dealkylation sites (tertiary alicyclic amines) is 2. The highest BCUT2D eigenvalue weighted by Crippen LogP contribution is 2.55. The molecule has 0 bridgehead atoms. The second kappa shape index (κ2) is 9.64. The lowest BCUT2D eigenvalue weighted by Gasteiger charge is -2.61. The topological polar surface area (TPSA) is 51.2 Å². The van der Waals surface area contributed by atoms with Gasteiger partial charge in [-0.05, 0) is 36.5 Å². The Morgan fingerprint density at radius 1 is 1.00 bits per heavy atom. The van der Waals surface area contributed by atoms with Crippen molar-refractivity contribution in [2.45, 2.75) is 32.7 Å². The highest BCUT2D eigenvalue weighted by Gasteiger charge is 2.54. The lowest BCUT2D eigenvalue weighted by molar-refractivity contribution is -0.112. The predicted molar refractivity (Wildman–Crippen MR) is 129 cm³/mol. The van der Waals surface area contributed by atoms with Crippen LogP contribution in [0.15, 0.2) is 42.5 Å². The zero-order valence-electron chi connectivity index (χ0n) is 20.5. The Morgan fingerprint density at radius 3 is 2.12 bits per heavy atom. The summed E-state index contributed by atoms with van der Waals surface area (Å²) in [4.78, 5) is 18.0. The molecule has 6 nitrogen and oxygen atoms in total. The molecule has 2 aromatic rings. The van der Waals surface area contributed by atoms with Gasteiger partial charge in [0.05, 0.1) is 21.3 Å². The zero-order valence-corrected chi connectivity index (χ0v) is 20.5. The first kappa shape index (κ1) is 23.4. The number of carbonyl (C=O) groups is 1. The summed E-state index contributed by atoms with van der Waals surface area (Å²) < 4.78 is 16.3. The highest BCUT2D eigenvalue weighted by atomic mass is 16.5. The van der Waals surface area contributed by atoms with E-state index >= 15 is 0 Å². The Morgan fingerprint density at radius 2 is 1.61 bits per heavy atom. The number of carbonyl (C=O) groups excluding carboxylic acids is 1. The molecule has 6 heteroatoms. The predicted octanol–water partition coefficient (Wildman–Crippen LogP) is 4.65. The normalized spacial score (nSPS) is 19.9. The fraction of sp³-hybridized carbons (Fsp3) is 0.519. The first-order valence-electron chi connectivity index (χ1n) is 11.8. The number of hydrogen-bond donors (Lipinski definition) is 0. The van der Waals surface area contributed by atoms with E-state index in [2.05, 4.69) is 49.1 Å². The van der Waals surface area contributed by atoms with E-state index < -0.39 is 0 Å². The summed E-state index contributed by atoms with van der Waals surface area (Å²) in [7, 11) is 4.70. The van der Waals surface area contributed by atoms with Crippen LogP contribution in [0.25, 0.3) is 0 Å². The lowest BCUT2D eigenvalue weighted by atomic mass is 9.63. The van der Waals surface area contributed by atoms with Gasteiger partial charge in [0.25, 0.3) is 5.91 Å². The van der Waals surface area contributed by atoms with Gasteiger partial charge in [-0.1, -0.05) is 44.2 Å². The molecule has 33 heavy (non-hydrogen) atoms. The van der Waals surface area contributed by atoms with Crippen molar-refractivity contribution in [3.63, 3.8) is 0 Å². The highest BCUT2D eigenvalue weighted by molar-refractivity contribution is 5.95. The number of piperidine rings is 1. The van der Waals surface area contributed by atoms with Crippen LogP contribution in [0, 0.1) is 11.3 Å². The van der Waals surface area contributed by atoms with Crippen LogP contribution >= 0.6 is 0 Å². The van der Waals surface area contributed by atoms with Gasteiger partial charge in [0.15, 0.2) is 11.5 Å². The molecule has 0 N–H and O–H groups in total. The van der Waals surface area contributed by atoms with E-state index in [1.54, 1.807) is 33.5 Å². The van der Waals surface area contributed by atoms with Crippen LogP contribution in [0.1, 0.15) is 48.7 Å². The molecular weight excluding hydrogens is 416 g/mol. The Balaban J connectivity index is 1.51. The summed E-state index contributed by atoms with van der Waals surface area (Å²) in [6.07, 6.45) is 2.02. The molecule has 0 radical (unpaired) electrons. The zero-order chi connectivity index (χ0) is 23.6. The molecule has 1 amide bonds. The monoisotopic (exact) mass is 452 g/mol. The van der Waals surface area contributed by atoms with Crippen LogP contribution in [0.3, 0.4) is 0 Å². The molecule has 2 aromatic carbocycles. The molecule has 2 heterocycles. The maximum absolute atomic E-state index is 13.4. The molecule has 1 atom stereocenters. The van der Waals surface area contributed by atoms with Gasteiger partial charge in [0.2, 0.25) is 5.75 Å². The number of nitrogens with zero attached hydrogens (tertiary/aromatic N) is 2. The average molecular weight is 453 g/mol. The molecule has 0 aromatic heterocycles. The first-order valence-corrected chi connectivity index (χ1v) is 11.8. The SMILES string of the molecule is COc1cc(C(=O)N2CCC3(CC2)CN(CC(C)C)C3c2ccccc2)cc(OC)c1OC. The van der Waals surface area contributed by atoms with Crippen LogP contribution in [-0.4, -0.2) is 63.2 Å². The number of hydrogen-bond acceptors (Lipinski definition) is 5. The van der Waals surface area contributed by atoms with Gasteiger partial charge < -0.3 is 19.1 Å². The number of methoxy groups -OCH3 is 3. The Labute approximate surface area is 197 Å². The molecule has 0 saturated carbocycles. The van der Waals surface area contributed by atoms with Crippen LogP contribution < -0.4 is 14.2 Å². The number of ether oxygens (including phenoxy) is 3. The van der Waals surface area contributed by atoms with E-state index in [1.165, 1.54) is 5.56 Å². The molecule has 4 rings (SSSR count). The Bertz CT molecular complexity index is 942. The molecular formula is C27H36N2O4. The van der Waals surface area contributed by atoms with Crippen molar-refractivity contribution in [2.75, 3.05) is 47.5 Å². The molecule has 2 saturated heterocycles. The summed E-state index contributed by atoms with van der Waals surface area (Å²) >= 11 is 0. The summed E-state index contributed by atoms with van der Waals surface area (Å²) in [6.45, 7) is 8.30. The number of benzene rings is 2. The third-order valence-electron chi connectivity index (χ3n) is 7.14. The summed E-state index contributed by atoms with van der Waals surface area (Å²) in [5.74, 6) is 2.15. The van der Waals surface area contributed by atoms with E-state index in [0.29, 0.717) is 34.8 Å². The molecule has 178 valence electrons. The van der Waals surface area contributed by atoms with E-state index in [-0.39, 0.29) is 11.3 Å². The lowest BCUT2D eigenvalue weighted by Crippen LogP contribution is -2.63. The summed E-state index contributed by atoms with van der Waals surface area (Å²) in [5, 5.41) is 0. The van der Waals surface area contributed by atoms with Crippen LogP contribution in [0.4, 0.5) is 0 Å². The fourth-order valence-electron chi connectivity index (χ4n) is 5.67. The van der Waals surface area contributed by atoms with Gasteiger partial charge >= 0.3 is 0 Å². The molecule has 1 spiro atoms. The fourth-order valence-corrected chi connectivity index (χ4v) is 5.67. The van der Waals surface area contributed by atoms with E-state index in [0.717, 1.165) is 39.0 Å². The van der Waals surface area contributed by atoms with Crippen molar-refractivity contribution in [3.05, 3.63) is 53.6 Å². The largest absolute Gasteiger partial charge is 0.493 e. The minimum Gasteiger partial charge on any atom is -0.493 e. The minimum atomic E-state index is 0.0127. The van der Waals surface area contributed by atoms with Crippen molar-refractivity contribution in [2.24, 2.45) is 11.3 Å². The van der Waals surface area contributed by atoms with Crippen molar-refractivity contribution < 1.29 is 19.0 Å². The van der Waals surface area contributed by atoms with Gasteiger partial charge in [-0.15, -0.1) is 0 Å². The number of rotatable bonds is 7. The molecule has 2 aliphatic heterocycles. The van der Waals surface area contributed by atoms with Gasteiger partial charge in [0, 0.05) is 43.2 Å². The van der Waals surface area contributed by atoms with Crippen molar-refractivity contribution in [3.8, 4) is 17.2 Å². The quantitative estimate of drug-likeness (QED) is 0.612. The van der Waals surface area contributed by atoms with E-state index in [1.807, 2.05) is 4.90 Å². The standard InChI is InChI=1S/C27H36N2O4/c1-19(2)17-29-18-27(25(29)20-9-7-6-8-10-20)11-13-28(14-12-27)26(30)21-15-22(31-3)24(33-5)23(16-21)32-4/h6-10,15-16,19,25H,11-14,17-18H2,1-5H3. The third-order valence-corrected chi connectivity index (χ3v) is 7.14. The maximum Gasteiger partial charge on any atom is 0.254 e. The van der Waals surface area contributed by atoms with Crippen LogP contribution in [-0.2, 0) is 0 Å². The van der Waals surface area contributed by atoms with Gasteiger partial charge in [0.1, 0.15) is 0 Å². The number of amides is 1. The molecule has 2 fully saturated rings. The van der Waals surface area contributed by atoms with Gasteiger partial charge in [-0.2, -0.15) is 0 Å². The van der Waals surface area contributed by atoms with Crippen molar-refractivity contribution in [1.82, 2.24) is 9.80 Å². The maximum atomic E-state index is 13.4. The van der Waals surface area contributed by atoms with Gasteiger partial charge in [-0.3, -0.25) is 9.69 Å². The van der Waals surface area contributed by atoms with Gasteiger partial charge in [-0.25, -0.2) is 0 Å².